The number of hydrogen-bond acceptors (Lipinski definition) is 5. The predicted octanol–water partition coefficient (Wildman–Crippen LogP) is 1.75. The minimum absolute atomic E-state index is 0. The Morgan fingerprint density at radius 1 is 1.48 bits per heavy atom. The van der Waals surface area contributed by atoms with Crippen LogP contribution in [0.2, 0.25) is 0 Å². The zero-order valence-corrected chi connectivity index (χ0v) is 12.9. The Morgan fingerprint density at radius 3 is 2.90 bits per heavy atom. The molecule has 1 saturated heterocycles. The first-order valence-electron chi connectivity index (χ1n) is 6.58. The minimum Gasteiger partial charge on any atom is -0.356 e. The largest absolute Gasteiger partial charge is 0.356 e. The number of amides is 1. The number of carbonyl (C=O) groups excluding carboxylic acids is 2. The van der Waals surface area contributed by atoms with Crippen molar-refractivity contribution in [3.05, 3.63) is 29.3 Å². The summed E-state index contributed by atoms with van der Waals surface area (Å²) in [6.07, 6.45) is 1.14. The number of benzene rings is 1. The number of nitrogens with one attached hydrogen (secondary N) is 1. The molecule has 0 saturated carbocycles. The molecule has 1 aliphatic heterocycles. The second kappa shape index (κ2) is 6.51. The molecular formula is C14H16ClN3O2S. The maximum atomic E-state index is 12.3. The van der Waals surface area contributed by atoms with Gasteiger partial charge in [-0.2, -0.15) is 0 Å². The molecule has 2 heterocycles. The molecule has 0 bridgehead atoms. The molecule has 5 nitrogen and oxygen atoms in total. The molecule has 0 radical (unpaired) electrons. The number of aromatic nitrogens is 1. The lowest BCUT2D eigenvalue weighted by Gasteiger charge is -2.12. The first-order valence-corrected chi connectivity index (χ1v) is 7.40. The number of ketones is 1. The summed E-state index contributed by atoms with van der Waals surface area (Å²) >= 11 is 1.35. The van der Waals surface area contributed by atoms with E-state index >= 15 is 0 Å². The lowest BCUT2D eigenvalue weighted by atomic mass is 9.97. The van der Waals surface area contributed by atoms with Crippen LogP contribution in [-0.4, -0.2) is 29.3 Å². The molecule has 2 unspecified atom stereocenters. The quantitative estimate of drug-likeness (QED) is 0.839. The molecule has 3 rings (SSSR count). The van der Waals surface area contributed by atoms with E-state index in [-0.39, 0.29) is 30.0 Å². The number of hydrogen-bond donors (Lipinski definition) is 2. The van der Waals surface area contributed by atoms with Crippen LogP contribution in [0.25, 0.3) is 10.2 Å². The highest BCUT2D eigenvalue weighted by atomic mass is 35.5. The average molecular weight is 326 g/mol. The van der Waals surface area contributed by atoms with Crippen LogP contribution >= 0.6 is 23.7 Å². The van der Waals surface area contributed by atoms with Crippen LogP contribution < -0.4 is 11.1 Å². The van der Waals surface area contributed by atoms with Crippen molar-refractivity contribution in [2.45, 2.75) is 18.9 Å². The number of rotatable bonds is 4. The Balaban J connectivity index is 0.00000161. The topological polar surface area (TPSA) is 85.1 Å². The Bertz CT molecular complexity index is 640. The van der Waals surface area contributed by atoms with Gasteiger partial charge in [-0.3, -0.25) is 9.59 Å². The lowest BCUT2D eigenvalue weighted by Crippen LogP contribution is -2.34. The molecule has 3 N–H and O–H groups in total. The van der Waals surface area contributed by atoms with Crippen molar-refractivity contribution in [3.8, 4) is 0 Å². The number of nitrogens with two attached hydrogens (primary N) is 1. The third-order valence-electron chi connectivity index (χ3n) is 3.54. The molecule has 0 spiro atoms. The molecule has 1 aliphatic rings. The third-order valence-corrected chi connectivity index (χ3v) is 4.59. The summed E-state index contributed by atoms with van der Waals surface area (Å²) in [5.74, 6) is -0.327. The van der Waals surface area contributed by atoms with Crippen molar-refractivity contribution in [3.63, 3.8) is 0 Å². The molecular weight excluding hydrogens is 310 g/mol. The monoisotopic (exact) mass is 325 g/mol. The molecule has 21 heavy (non-hydrogen) atoms. The van der Waals surface area contributed by atoms with Crippen molar-refractivity contribution in [2.75, 3.05) is 6.54 Å². The molecule has 2 aromatic rings. The molecule has 0 aliphatic carbocycles. The maximum absolute atomic E-state index is 12.3. The van der Waals surface area contributed by atoms with Crippen LogP contribution in [0.4, 0.5) is 0 Å². The van der Waals surface area contributed by atoms with Crippen LogP contribution in [0.5, 0.6) is 0 Å². The van der Waals surface area contributed by atoms with Crippen LogP contribution in [-0.2, 0) is 4.79 Å². The number of carbonyl (C=O) groups is 2. The van der Waals surface area contributed by atoms with Gasteiger partial charge in [-0.15, -0.1) is 23.7 Å². The summed E-state index contributed by atoms with van der Waals surface area (Å²) in [6, 6.07) is 6.94. The Labute approximate surface area is 132 Å². The van der Waals surface area contributed by atoms with Crippen molar-refractivity contribution in [2.24, 2.45) is 11.7 Å². The van der Waals surface area contributed by atoms with Gasteiger partial charge in [0, 0.05) is 12.5 Å². The maximum Gasteiger partial charge on any atom is 0.223 e. The molecule has 1 aromatic carbocycles. The summed E-state index contributed by atoms with van der Waals surface area (Å²) in [5.41, 5.74) is 6.76. The fourth-order valence-electron chi connectivity index (χ4n) is 2.42. The second-order valence-corrected chi connectivity index (χ2v) is 6.00. The van der Waals surface area contributed by atoms with E-state index in [0.29, 0.717) is 18.0 Å². The SMILES string of the molecule is Cl.NC(CC1CCNC1=O)C(=O)c1nc2ccccc2s1. The summed E-state index contributed by atoms with van der Waals surface area (Å²) in [7, 11) is 0. The molecule has 2 atom stereocenters. The summed E-state index contributed by atoms with van der Waals surface area (Å²) in [4.78, 5) is 28.1. The van der Waals surface area contributed by atoms with E-state index in [0.717, 1.165) is 16.6 Å². The number of fused-ring (bicyclic) bond motifs is 1. The molecule has 1 fully saturated rings. The first kappa shape index (κ1) is 15.9. The minimum atomic E-state index is -0.663. The Morgan fingerprint density at radius 2 is 2.24 bits per heavy atom. The van der Waals surface area contributed by atoms with Gasteiger partial charge in [-0.25, -0.2) is 4.98 Å². The Hall–Kier alpha value is -1.50. The lowest BCUT2D eigenvalue weighted by molar-refractivity contribution is -0.122. The molecule has 1 amide bonds. The van der Waals surface area contributed by atoms with E-state index in [1.165, 1.54) is 11.3 Å². The van der Waals surface area contributed by atoms with Gasteiger partial charge in [0.2, 0.25) is 11.7 Å². The van der Waals surface area contributed by atoms with E-state index in [1.807, 2.05) is 24.3 Å². The summed E-state index contributed by atoms with van der Waals surface area (Å²) < 4.78 is 0.974. The van der Waals surface area contributed by atoms with E-state index in [1.54, 1.807) is 0 Å². The zero-order valence-electron chi connectivity index (χ0n) is 11.2. The van der Waals surface area contributed by atoms with Gasteiger partial charge < -0.3 is 11.1 Å². The van der Waals surface area contributed by atoms with Gasteiger partial charge in [0.1, 0.15) is 0 Å². The average Bonchev–Trinajstić information content (AvgIpc) is 3.04. The third kappa shape index (κ3) is 3.23. The number of Topliss-reactive ketones (excluding diaryl/α,β-unsaturated/α-hetero) is 1. The molecule has 1 aromatic heterocycles. The summed E-state index contributed by atoms with van der Waals surface area (Å²) in [6.45, 7) is 0.672. The first-order chi connectivity index (χ1) is 9.65. The number of thiazole rings is 1. The van der Waals surface area contributed by atoms with Crippen molar-refractivity contribution >= 4 is 45.7 Å². The van der Waals surface area contributed by atoms with Gasteiger partial charge in [0.05, 0.1) is 16.3 Å². The van der Waals surface area contributed by atoms with E-state index in [2.05, 4.69) is 10.3 Å². The normalized spacial score (nSPS) is 19.1. The smallest absolute Gasteiger partial charge is 0.223 e. The van der Waals surface area contributed by atoms with Crippen LogP contribution in [0, 0.1) is 5.92 Å². The van der Waals surface area contributed by atoms with E-state index < -0.39 is 6.04 Å². The fourth-order valence-corrected chi connectivity index (χ4v) is 3.39. The highest BCUT2D eigenvalue weighted by Gasteiger charge is 2.29. The van der Waals surface area contributed by atoms with E-state index in [9.17, 15) is 9.59 Å². The van der Waals surface area contributed by atoms with Crippen molar-refractivity contribution in [1.29, 1.82) is 0 Å². The highest BCUT2D eigenvalue weighted by molar-refractivity contribution is 7.20. The van der Waals surface area contributed by atoms with Gasteiger partial charge in [0.25, 0.3) is 0 Å². The fraction of sp³-hybridized carbons (Fsp3) is 0.357. The number of nitrogens with zero attached hydrogens (tertiary/aromatic N) is 1. The van der Waals surface area contributed by atoms with Crippen LogP contribution in [0.3, 0.4) is 0 Å². The van der Waals surface area contributed by atoms with Crippen molar-refractivity contribution < 1.29 is 9.59 Å². The van der Waals surface area contributed by atoms with Gasteiger partial charge in [-0.1, -0.05) is 12.1 Å². The number of halogens is 1. The standard InChI is InChI=1S/C14H15N3O2S.ClH/c15-9(7-8-5-6-16-13(8)19)12(18)14-17-10-3-1-2-4-11(10)20-14;/h1-4,8-9H,5-7,15H2,(H,16,19);1H. The van der Waals surface area contributed by atoms with E-state index in [4.69, 9.17) is 5.73 Å². The summed E-state index contributed by atoms with van der Waals surface area (Å²) in [5, 5.41) is 3.18. The second-order valence-electron chi connectivity index (χ2n) is 4.97. The van der Waals surface area contributed by atoms with Crippen LogP contribution in [0.1, 0.15) is 22.6 Å². The highest BCUT2D eigenvalue weighted by Crippen LogP contribution is 2.24. The zero-order chi connectivity index (χ0) is 14.1. The predicted molar refractivity (Wildman–Crippen MR) is 84.9 cm³/mol. The van der Waals surface area contributed by atoms with Crippen LogP contribution in [0.15, 0.2) is 24.3 Å². The molecule has 112 valence electrons. The Kier molecular flexibility index (Phi) is 4.92. The molecule has 7 heteroatoms. The number of para-hydroxylation sites is 1. The van der Waals surface area contributed by atoms with Gasteiger partial charge in [0.15, 0.2) is 5.01 Å². The van der Waals surface area contributed by atoms with Gasteiger partial charge in [-0.05, 0) is 25.0 Å². The van der Waals surface area contributed by atoms with Gasteiger partial charge >= 0.3 is 0 Å². The van der Waals surface area contributed by atoms with Crippen molar-refractivity contribution in [1.82, 2.24) is 10.3 Å².